The molecule has 0 aliphatic carbocycles. The minimum absolute atomic E-state index is 0.694. The molecule has 4 rings (SSSR count). The third kappa shape index (κ3) is 5.05. The number of ether oxygens (including phenoxy) is 1. The first-order chi connectivity index (χ1) is 14.6. The lowest BCUT2D eigenvalue weighted by Crippen LogP contribution is -2.37. The summed E-state index contributed by atoms with van der Waals surface area (Å²) in [5.74, 6) is 7.37. The van der Waals surface area contributed by atoms with Crippen LogP contribution in [-0.2, 0) is 4.74 Å². The van der Waals surface area contributed by atoms with Crippen molar-refractivity contribution >= 4 is 46.4 Å². The van der Waals surface area contributed by atoms with Gasteiger partial charge in [-0.05, 0) is 44.0 Å². The van der Waals surface area contributed by atoms with Crippen molar-refractivity contribution in [3.8, 4) is 11.8 Å². The van der Waals surface area contributed by atoms with Crippen molar-refractivity contribution in [3.63, 3.8) is 0 Å². The molecule has 9 heteroatoms. The SMILES string of the molecule is Cc1ncc(C#Cc2c(C)ncnc2N2CCOCC2)cc1NSc1ccc(Cl)s1. The number of nitrogens with zero attached hydrogens (tertiary/aromatic N) is 4. The molecule has 1 N–H and O–H groups in total. The Morgan fingerprint density at radius 3 is 2.73 bits per heavy atom. The van der Waals surface area contributed by atoms with Crippen molar-refractivity contribution in [2.24, 2.45) is 0 Å². The maximum Gasteiger partial charge on any atom is 0.148 e. The van der Waals surface area contributed by atoms with E-state index in [-0.39, 0.29) is 0 Å². The summed E-state index contributed by atoms with van der Waals surface area (Å²) >= 11 is 9.05. The summed E-state index contributed by atoms with van der Waals surface area (Å²) in [6.07, 6.45) is 3.38. The standard InChI is InChI=1S/C21H20ClN5OS2/c1-14-17(21(25-13-24-14)27-7-9-28-10-8-27)4-3-16-11-18(15(2)23-12-16)26-30-20-6-5-19(22)29-20/h5-6,11-13,26H,7-10H2,1-2H3. The first-order valence-electron chi connectivity index (χ1n) is 9.41. The van der Waals surface area contributed by atoms with Gasteiger partial charge in [-0.2, -0.15) is 0 Å². The first-order valence-corrected chi connectivity index (χ1v) is 11.4. The van der Waals surface area contributed by atoms with Crippen LogP contribution in [0.3, 0.4) is 0 Å². The van der Waals surface area contributed by atoms with E-state index in [0.29, 0.717) is 13.2 Å². The smallest absolute Gasteiger partial charge is 0.148 e. The highest BCUT2D eigenvalue weighted by atomic mass is 35.5. The van der Waals surface area contributed by atoms with Gasteiger partial charge in [-0.25, -0.2) is 9.97 Å². The molecule has 3 aromatic rings. The number of aryl methyl sites for hydroxylation is 2. The third-order valence-electron chi connectivity index (χ3n) is 4.56. The molecule has 1 aliphatic rings. The zero-order chi connectivity index (χ0) is 20.9. The normalized spacial score (nSPS) is 13.6. The van der Waals surface area contributed by atoms with Gasteiger partial charge in [-0.15, -0.1) is 11.3 Å². The molecule has 0 aromatic carbocycles. The highest BCUT2D eigenvalue weighted by Crippen LogP contribution is 2.31. The van der Waals surface area contributed by atoms with Crippen LogP contribution in [0.25, 0.3) is 0 Å². The van der Waals surface area contributed by atoms with E-state index in [4.69, 9.17) is 16.3 Å². The average Bonchev–Trinajstić information content (AvgIpc) is 3.18. The molecule has 0 bridgehead atoms. The van der Waals surface area contributed by atoms with Crippen LogP contribution in [0.1, 0.15) is 22.5 Å². The molecule has 1 fully saturated rings. The number of rotatable bonds is 4. The Morgan fingerprint density at radius 2 is 1.97 bits per heavy atom. The fourth-order valence-electron chi connectivity index (χ4n) is 2.92. The van der Waals surface area contributed by atoms with E-state index >= 15 is 0 Å². The molecule has 4 heterocycles. The maximum absolute atomic E-state index is 6.01. The molecule has 0 amide bonds. The lowest BCUT2D eigenvalue weighted by atomic mass is 10.1. The Labute approximate surface area is 189 Å². The average molecular weight is 458 g/mol. The summed E-state index contributed by atoms with van der Waals surface area (Å²) in [6, 6.07) is 5.88. The van der Waals surface area contributed by atoms with E-state index in [2.05, 4.69) is 36.4 Å². The van der Waals surface area contributed by atoms with Gasteiger partial charge in [-0.1, -0.05) is 23.4 Å². The van der Waals surface area contributed by atoms with Crippen molar-refractivity contribution in [2.75, 3.05) is 35.9 Å². The summed E-state index contributed by atoms with van der Waals surface area (Å²) < 4.78 is 10.7. The maximum atomic E-state index is 6.01. The number of hydrogen-bond acceptors (Lipinski definition) is 8. The zero-order valence-electron chi connectivity index (χ0n) is 16.6. The van der Waals surface area contributed by atoms with Crippen LogP contribution in [0.2, 0.25) is 4.34 Å². The van der Waals surface area contributed by atoms with Gasteiger partial charge in [0.15, 0.2) is 0 Å². The molecule has 0 spiro atoms. The van der Waals surface area contributed by atoms with Crippen LogP contribution in [0.15, 0.2) is 34.9 Å². The van der Waals surface area contributed by atoms with Crippen molar-refractivity contribution in [1.82, 2.24) is 15.0 Å². The summed E-state index contributed by atoms with van der Waals surface area (Å²) in [7, 11) is 0. The molecule has 3 aromatic heterocycles. The van der Waals surface area contributed by atoms with Gasteiger partial charge in [0.05, 0.1) is 44.4 Å². The number of aromatic nitrogens is 3. The highest BCUT2D eigenvalue weighted by molar-refractivity contribution is 8.02. The quantitative estimate of drug-likeness (QED) is 0.455. The monoisotopic (exact) mass is 457 g/mol. The molecule has 0 saturated carbocycles. The largest absolute Gasteiger partial charge is 0.378 e. The van der Waals surface area contributed by atoms with Gasteiger partial charge in [0.1, 0.15) is 12.1 Å². The first kappa shape index (κ1) is 20.9. The molecule has 30 heavy (non-hydrogen) atoms. The third-order valence-corrected chi connectivity index (χ3v) is 6.74. The van der Waals surface area contributed by atoms with E-state index in [1.165, 1.54) is 23.3 Å². The van der Waals surface area contributed by atoms with Gasteiger partial charge >= 0.3 is 0 Å². The number of hydrogen-bond donors (Lipinski definition) is 1. The number of halogens is 1. The lowest BCUT2D eigenvalue weighted by Gasteiger charge is -2.28. The van der Waals surface area contributed by atoms with Gasteiger partial charge in [0.2, 0.25) is 0 Å². The van der Waals surface area contributed by atoms with E-state index in [1.54, 1.807) is 12.5 Å². The van der Waals surface area contributed by atoms with Crippen LogP contribution in [0, 0.1) is 25.7 Å². The molecular formula is C21H20ClN5OS2. The second kappa shape index (κ2) is 9.67. The lowest BCUT2D eigenvalue weighted by molar-refractivity contribution is 0.122. The van der Waals surface area contributed by atoms with E-state index in [9.17, 15) is 0 Å². The Morgan fingerprint density at radius 1 is 1.13 bits per heavy atom. The second-order valence-corrected chi connectivity index (χ2v) is 9.45. The topological polar surface area (TPSA) is 63.2 Å². The van der Waals surface area contributed by atoms with Crippen LogP contribution in [0.5, 0.6) is 0 Å². The number of nitrogens with one attached hydrogen (secondary N) is 1. The number of pyridine rings is 1. The van der Waals surface area contributed by atoms with Gasteiger partial charge < -0.3 is 14.4 Å². The molecule has 0 atom stereocenters. The van der Waals surface area contributed by atoms with E-state index in [0.717, 1.165) is 55.7 Å². The Kier molecular flexibility index (Phi) is 6.75. The van der Waals surface area contributed by atoms with Crippen LogP contribution < -0.4 is 9.62 Å². The molecule has 0 unspecified atom stereocenters. The summed E-state index contributed by atoms with van der Waals surface area (Å²) in [6.45, 7) is 6.91. The van der Waals surface area contributed by atoms with Gasteiger partial charge in [-0.3, -0.25) is 4.98 Å². The Balaban J connectivity index is 1.57. The summed E-state index contributed by atoms with van der Waals surface area (Å²) in [4.78, 5) is 15.5. The Hall–Kier alpha value is -2.31. The summed E-state index contributed by atoms with van der Waals surface area (Å²) in [5.41, 5.74) is 4.36. The van der Waals surface area contributed by atoms with Crippen molar-refractivity contribution in [1.29, 1.82) is 0 Å². The fourth-order valence-corrected chi connectivity index (χ4v) is 4.95. The number of thiophene rings is 1. The molecule has 1 saturated heterocycles. The second-order valence-electron chi connectivity index (χ2n) is 6.63. The van der Waals surface area contributed by atoms with Crippen LogP contribution >= 0.6 is 34.9 Å². The van der Waals surface area contributed by atoms with Crippen LogP contribution in [-0.4, -0.2) is 41.3 Å². The molecular weight excluding hydrogens is 438 g/mol. The minimum Gasteiger partial charge on any atom is -0.378 e. The number of anilines is 2. The van der Waals surface area contributed by atoms with E-state index in [1.807, 2.05) is 32.0 Å². The highest BCUT2D eigenvalue weighted by Gasteiger charge is 2.17. The van der Waals surface area contributed by atoms with Crippen LogP contribution in [0.4, 0.5) is 11.5 Å². The molecule has 154 valence electrons. The summed E-state index contributed by atoms with van der Waals surface area (Å²) in [5, 5.41) is 0. The molecule has 0 radical (unpaired) electrons. The van der Waals surface area contributed by atoms with E-state index < -0.39 is 0 Å². The predicted molar refractivity (Wildman–Crippen MR) is 124 cm³/mol. The zero-order valence-corrected chi connectivity index (χ0v) is 19.0. The van der Waals surface area contributed by atoms with Crippen molar-refractivity contribution in [3.05, 3.63) is 57.6 Å². The van der Waals surface area contributed by atoms with Gasteiger partial charge in [0.25, 0.3) is 0 Å². The minimum atomic E-state index is 0.694. The fraction of sp³-hybridized carbons (Fsp3) is 0.286. The van der Waals surface area contributed by atoms with Gasteiger partial charge in [0, 0.05) is 24.8 Å². The Bertz CT molecular complexity index is 1100. The molecule has 1 aliphatic heterocycles. The predicted octanol–water partition coefficient (Wildman–Crippen LogP) is 4.56. The van der Waals surface area contributed by atoms with Crippen molar-refractivity contribution in [2.45, 2.75) is 18.1 Å². The van der Waals surface area contributed by atoms with Crippen molar-refractivity contribution < 1.29 is 4.74 Å². The molecule has 6 nitrogen and oxygen atoms in total. The number of morpholine rings is 1.